The van der Waals surface area contributed by atoms with Gasteiger partial charge in [-0.05, 0) is 25.7 Å². The summed E-state index contributed by atoms with van der Waals surface area (Å²) in [5, 5.41) is 0. The summed E-state index contributed by atoms with van der Waals surface area (Å²) >= 11 is 0. The fourth-order valence-corrected chi connectivity index (χ4v) is 4.23. The molecule has 0 aromatic carbocycles. The van der Waals surface area contributed by atoms with Crippen molar-refractivity contribution in [1.82, 2.24) is 4.72 Å². The molecule has 2 rings (SSSR count). The van der Waals surface area contributed by atoms with Crippen LogP contribution in [0.1, 0.15) is 44.1 Å². The third kappa shape index (κ3) is 3.19. The van der Waals surface area contributed by atoms with Gasteiger partial charge in [0, 0.05) is 12.1 Å². The lowest BCUT2D eigenvalue weighted by molar-refractivity contribution is 0.310. The van der Waals surface area contributed by atoms with Gasteiger partial charge < -0.3 is 10.2 Å². The number of hydrogen-bond donors (Lipinski definition) is 2. The van der Waals surface area contributed by atoms with Crippen LogP contribution in [0, 0.1) is 12.8 Å². The number of nitrogens with one attached hydrogen (secondary N) is 1. The summed E-state index contributed by atoms with van der Waals surface area (Å²) in [7, 11) is -3.51. The van der Waals surface area contributed by atoms with E-state index in [-0.39, 0.29) is 17.5 Å². The van der Waals surface area contributed by atoms with E-state index in [1.165, 1.54) is 12.5 Å². The Kier molecular flexibility index (Phi) is 4.32. The zero-order valence-electron chi connectivity index (χ0n) is 11.5. The largest absolute Gasteiger partial charge is 0.464 e. The Bertz CT molecular complexity index is 536. The van der Waals surface area contributed by atoms with E-state index in [1.807, 2.05) is 0 Å². The minimum atomic E-state index is -3.51. The number of rotatable bonds is 4. The van der Waals surface area contributed by atoms with Crippen LogP contribution in [0.25, 0.3) is 0 Å². The van der Waals surface area contributed by atoms with Crippen LogP contribution in [0.5, 0.6) is 0 Å². The van der Waals surface area contributed by atoms with Gasteiger partial charge in [-0.2, -0.15) is 0 Å². The van der Waals surface area contributed by atoms with E-state index in [4.69, 9.17) is 10.2 Å². The normalized spacial score (nSPS) is 24.6. The molecule has 19 heavy (non-hydrogen) atoms. The Morgan fingerprint density at radius 1 is 1.42 bits per heavy atom. The molecule has 0 amide bonds. The predicted octanol–water partition coefficient (Wildman–Crippen LogP) is 1.90. The van der Waals surface area contributed by atoms with Crippen LogP contribution in [0.15, 0.2) is 15.4 Å². The van der Waals surface area contributed by atoms with Gasteiger partial charge in [-0.3, -0.25) is 0 Å². The monoisotopic (exact) mass is 286 g/mol. The molecule has 0 bridgehead atoms. The first-order chi connectivity index (χ1) is 8.94. The molecule has 0 aliphatic heterocycles. The van der Waals surface area contributed by atoms with Crippen molar-refractivity contribution < 1.29 is 12.8 Å². The molecular weight excluding hydrogens is 264 g/mol. The summed E-state index contributed by atoms with van der Waals surface area (Å²) in [6.07, 6.45) is 4.24. The van der Waals surface area contributed by atoms with E-state index < -0.39 is 10.0 Å². The van der Waals surface area contributed by atoms with Gasteiger partial charge in [-0.15, -0.1) is 0 Å². The number of sulfonamides is 1. The van der Waals surface area contributed by atoms with Gasteiger partial charge in [0.25, 0.3) is 0 Å². The van der Waals surface area contributed by atoms with Crippen LogP contribution in [0.2, 0.25) is 0 Å². The Morgan fingerprint density at radius 2 is 2.11 bits per heavy atom. The molecular formula is C13H22N2O3S. The molecule has 1 heterocycles. The smallest absolute Gasteiger partial charge is 0.244 e. The minimum Gasteiger partial charge on any atom is -0.464 e. The highest BCUT2D eigenvalue weighted by atomic mass is 32.2. The second-order valence-electron chi connectivity index (χ2n) is 5.33. The third-order valence-electron chi connectivity index (χ3n) is 3.83. The highest BCUT2D eigenvalue weighted by molar-refractivity contribution is 7.89. The molecule has 2 atom stereocenters. The van der Waals surface area contributed by atoms with E-state index in [0.29, 0.717) is 17.4 Å². The van der Waals surface area contributed by atoms with Gasteiger partial charge in [0.2, 0.25) is 10.0 Å². The van der Waals surface area contributed by atoms with Gasteiger partial charge in [0.05, 0.1) is 6.54 Å². The van der Waals surface area contributed by atoms with E-state index in [1.54, 1.807) is 6.92 Å². The zero-order chi connectivity index (χ0) is 14.0. The molecule has 0 spiro atoms. The van der Waals surface area contributed by atoms with Crippen LogP contribution >= 0.6 is 0 Å². The van der Waals surface area contributed by atoms with Gasteiger partial charge in [0.1, 0.15) is 16.4 Å². The fourth-order valence-electron chi connectivity index (χ4n) is 2.65. The lowest BCUT2D eigenvalue weighted by Gasteiger charge is -2.29. The molecule has 0 saturated heterocycles. The summed E-state index contributed by atoms with van der Waals surface area (Å²) in [4.78, 5) is 0.214. The average molecular weight is 286 g/mol. The van der Waals surface area contributed by atoms with Crippen molar-refractivity contribution >= 4 is 10.0 Å². The van der Waals surface area contributed by atoms with Gasteiger partial charge in [-0.1, -0.05) is 19.8 Å². The first kappa shape index (κ1) is 14.6. The topological polar surface area (TPSA) is 85.3 Å². The summed E-state index contributed by atoms with van der Waals surface area (Å²) in [6.45, 7) is 3.95. The average Bonchev–Trinajstić information content (AvgIpc) is 2.74. The van der Waals surface area contributed by atoms with Gasteiger partial charge in [0.15, 0.2) is 0 Å². The second kappa shape index (κ2) is 5.64. The maximum atomic E-state index is 12.4. The molecule has 3 N–H and O–H groups in total. The van der Waals surface area contributed by atoms with Crippen molar-refractivity contribution in [2.75, 3.05) is 0 Å². The van der Waals surface area contributed by atoms with Crippen molar-refractivity contribution in [2.45, 2.75) is 57.0 Å². The number of aryl methyl sites for hydroxylation is 1. The first-order valence-electron chi connectivity index (χ1n) is 6.75. The molecule has 6 heteroatoms. The van der Waals surface area contributed by atoms with Crippen LogP contribution in [0.3, 0.4) is 0 Å². The van der Waals surface area contributed by atoms with Crippen LogP contribution in [0.4, 0.5) is 0 Å². The van der Waals surface area contributed by atoms with Crippen molar-refractivity contribution in [1.29, 1.82) is 0 Å². The molecule has 1 aliphatic rings. The highest BCUT2D eigenvalue weighted by Gasteiger charge is 2.29. The predicted molar refractivity (Wildman–Crippen MR) is 73.1 cm³/mol. The number of nitrogens with two attached hydrogens (primary N) is 1. The Hall–Kier alpha value is -0.850. The minimum absolute atomic E-state index is 0.0226. The van der Waals surface area contributed by atoms with Crippen LogP contribution in [-0.4, -0.2) is 14.5 Å². The molecule has 1 saturated carbocycles. The highest BCUT2D eigenvalue weighted by Crippen LogP contribution is 2.26. The summed E-state index contributed by atoms with van der Waals surface area (Å²) < 4.78 is 32.9. The number of furan rings is 1. The third-order valence-corrected chi connectivity index (χ3v) is 5.43. The van der Waals surface area contributed by atoms with Crippen molar-refractivity contribution in [3.63, 3.8) is 0 Å². The van der Waals surface area contributed by atoms with Crippen LogP contribution in [-0.2, 0) is 16.6 Å². The molecule has 108 valence electrons. The maximum absolute atomic E-state index is 12.4. The molecule has 1 fully saturated rings. The molecule has 0 radical (unpaired) electrons. The maximum Gasteiger partial charge on any atom is 0.244 e. The molecule has 2 unspecified atom stereocenters. The van der Waals surface area contributed by atoms with Crippen molar-refractivity contribution in [2.24, 2.45) is 11.7 Å². The van der Waals surface area contributed by atoms with Crippen LogP contribution < -0.4 is 10.5 Å². The van der Waals surface area contributed by atoms with E-state index >= 15 is 0 Å². The summed E-state index contributed by atoms with van der Waals surface area (Å²) in [5.74, 6) is 1.27. The first-order valence-corrected chi connectivity index (χ1v) is 8.24. The Balaban J connectivity index is 2.19. The lowest BCUT2D eigenvalue weighted by Crippen LogP contribution is -2.41. The van der Waals surface area contributed by atoms with E-state index in [0.717, 1.165) is 19.3 Å². The second-order valence-corrected chi connectivity index (χ2v) is 7.01. The Labute approximate surface area is 114 Å². The zero-order valence-corrected chi connectivity index (χ0v) is 12.3. The molecule has 1 aliphatic carbocycles. The SMILES string of the molecule is Cc1oc(CN)cc1S(=O)(=O)NC1CCCCC1C. The molecule has 1 aromatic rings. The van der Waals surface area contributed by atoms with Gasteiger partial charge >= 0.3 is 0 Å². The quantitative estimate of drug-likeness (QED) is 0.885. The summed E-state index contributed by atoms with van der Waals surface area (Å²) in [6, 6.07) is 1.54. The van der Waals surface area contributed by atoms with Gasteiger partial charge in [-0.25, -0.2) is 13.1 Å². The van der Waals surface area contributed by atoms with E-state index in [9.17, 15) is 8.42 Å². The van der Waals surface area contributed by atoms with Crippen molar-refractivity contribution in [3.05, 3.63) is 17.6 Å². The summed E-state index contributed by atoms with van der Waals surface area (Å²) in [5.41, 5.74) is 5.47. The molecule has 1 aromatic heterocycles. The van der Waals surface area contributed by atoms with Crippen molar-refractivity contribution in [3.8, 4) is 0 Å². The Morgan fingerprint density at radius 3 is 2.68 bits per heavy atom. The fraction of sp³-hybridized carbons (Fsp3) is 0.692. The molecule has 5 nitrogen and oxygen atoms in total. The lowest BCUT2D eigenvalue weighted by atomic mass is 9.87. The van der Waals surface area contributed by atoms with E-state index in [2.05, 4.69) is 11.6 Å². The number of hydrogen-bond acceptors (Lipinski definition) is 4. The standard InChI is InChI=1S/C13H22N2O3S/c1-9-5-3-4-6-12(9)15-19(16,17)13-7-11(8-14)18-10(13)2/h7,9,12,15H,3-6,8,14H2,1-2H3.